The second kappa shape index (κ2) is 6.41. The molecule has 0 spiro atoms. The van der Waals surface area contributed by atoms with Crippen molar-refractivity contribution in [2.75, 3.05) is 13.1 Å². The summed E-state index contributed by atoms with van der Waals surface area (Å²) in [6, 6.07) is 12.7. The molecule has 24 heavy (non-hydrogen) atoms. The van der Waals surface area contributed by atoms with Crippen molar-refractivity contribution in [1.82, 2.24) is 5.32 Å². The first-order valence-corrected chi connectivity index (χ1v) is 11.8. The summed E-state index contributed by atoms with van der Waals surface area (Å²) in [6.07, 6.45) is 1.36. The van der Waals surface area contributed by atoms with E-state index < -0.39 is 8.32 Å². The van der Waals surface area contributed by atoms with E-state index >= 15 is 0 Å². The highest BCUT2D eigenvalue weighted by atomic mass is 28.4. The predicted molar refractivity (Wildman–Crippen MR) is 104 cm³/mol. The van der Waals surface area contributed by atoms with Crippen LogP contribution in [0.25, 0.3) is 10.8 Å². The Morgan fingerprint density at radius 1 is 1.00 bits per heavy atom. The number of rotatable bonds is 4. The molecule has 0 aromatic heterocycles. The van der Waals surface area contributed by atoms with Gasteiger partial charge in [0.2, 0.25) is 8.32 Å². The van der Waals surface area contributed by atoms with Gasteiger partial charge in [0.05, 0.1) is 0 Å². The second-order valence-corrected chi connectivity index (χ2v) is 13.0. The Labute approximate surface area is 146 Å². The molecule has 1 aliphatic heterocycles. The van der Waals surface area contributed by atoms with E-state index in [0.29, 0.717) is 0 Å². The van der Waals surface area contributed by atoms with Gasteiger partial charge in [-0.15, -0.1) is 0 Å². The molecule has 1 atom stereocenters. The quantitative estimate of drug-likeness (QED) is 0.796. The van der Waals surface area contributed by atoms with Crippen molar-refractivity contribution in [3.8, 4) is 11.5 Å². The number of hydrogen-bond acceptors (Lipinski definition) is 3. The highest BCUT2D eigenvalue weighted by Gasteiger charge is 2.38. The van der Waals surface area contributed by atoms with Crippen molar-refractivity contribution in [3.63, 3.8) is 0 Å². The van der Waals surface area contributed by atoms with Crippen LogP contribution in [0.4, 0.5) is 0 Å². The van der Waals surface area contributed by atoms with Crippen LogP contribution in [0.2, 0.25) is 18.1 Å². The Balaban J connectivity index is 1.83. The van der Waals surface area contributed by atoms with Gasteiger partial charge in [0, 0.05) is 6.54 Å². The molecule has 2 aromatic rings. The fourth-order valence-corrected chi connectivity index (χ4v) is 3.73. The van der Waals surface area contributed by atoms with Crippen LogP contribution in [0.5, 0.6) is 11.5 Å². The molecule has 1 aliphatic rings. The molecular formula is C20H29NO2Si. The van der Waals surface area contributed by atoms with Crippen molar-refractivity contribution in [1.29, 1.82) is 0 Å². The summed E-state index contributed by atoms with van der Waals surface area (Å²) in [5.74, 6) is 1.91. The van der Waals surface area contributed by atoms with Gasteiger partial charge in [-0.2, -0.15) is 0 Å². The zero-order valence-corrected chi connectivity index (χ0v) is 16.5. The molecule has 0 aliphatic carbocycles. The fraction of sp³-hybridized carbons (Fsp3) is 0.500. The topological polar surface area (TPSA) is 30.5 Å². The van der Waals surface area contributed by atoms with Crippen molar-refractivity contribution in [2.24, 2.45) is 0 Å². The number of benzene rings is 2. The van der Waals surface area contributed by atoms with Crippen molar-refractivity contribution in [3.05, 3.63) is 36.4 Å². The highest BCUT2D eigenvalue weighted by Crippen LogP contribution is 2.38. The maximum Gasteiger partial charge on any atom is 0.250 e. The summed E-state index contributed by atoms with van der Waals surface area (Å²) >= 11 is 0. The SMILES string of the molecule is CC(C)(C)[Si](C)(C)Oc1ccc2ccc(O[C@H]3CCNC3)cc2c1. The first-order valence-electron chi connectivity index (χ1n) is 8.85. The van der Waals surface area contributed by atoms with E-state index in [1.54, 1.807) is 0 Å². The lowest BCUT2D eigenvalue weighted by Gasteiger charge is -2.36. The zero-order chi connectivity index (χ0) is 17.4. The smallest absolute Gasteiger partial charge is 0.250 e. The number of fused-ring (bicyclic) bond motifs is 1. The van der Waals surface area contributed by atoms with Crippen molar-refractivity contribution >= 4 is 19.1 Å². The van der Waals surface area contributed by atoms with Gasteiger partial charge in [0.15, 0.2) is 0 Å². The largest absolute Gasteiger partial charge is 0.543 e. The van der Waals surface area contributed by atoms with E-state index in [4.69, 9.17) is 9.16 Å². The van der Waals surface area contributed by atoms with Gasteiger partial charge in [-0.1, -0.05) is 32.9 Å². The van der Waals surface area contributed by atoms with Crippen LogP contribution < -0.4 is 14.5 Å². The van der Waals surface area contributed by atoms with E-state index in [1.165, 1.54) is 10.8 Å². The van der Waals surface area contributed by atoms with E-state index in [0.717, 1.165) is 31.0 Å². The van der Waals surface area contributed by atoms with E-state index in [2.05, 4.69) is 75.6 Å². The lowest BCUT2D eigenvalue weighted by atomic mass is 10.1. The third kappa shape index (κ3) is 3.76. The first kappa shape index (κ1) is 17.3. The summed E-state index contributed by atoms with van der Waals surface area (Å²) in [7, 11) is -1.82. The van der Waals surface area contributed by atoms with E-state index in [9.17, 15) is 0 Å². The standard InChI is InChI=1S/C20H29NO2Si/c1-20(2,3)24(4,5)23-18-9-7-15-6-8-17(12-16(15)13-18)22-19-10-11-21-14-19/h6-9,12-13,19,21H,10-11,14H2,1-5H3/t19-/m0/s1. The van der Waals surface area contributed by atoms with Gasteiger partial charge in [-0.3, -0.25) is 0 Å². The molecule has 1 N–H and O–H groups in total. The Morgan fingerprint density at radius 3 is 2.29 bits per heavy atom. The summed E-state index contributed by atoms with van der Waals surface area (Å²) in [5, 5.41) is 5.93. The molecule has 0 radical (unpaired) electrons. The Morgan fingerprint density at radius 2 is 1.67 bits per heavy atom. The Kier molecular flexibility index (Phi) is 4.62. The second-order valence-electron chi connectivity index (χ2n) is 8.27. The van der Waals surface area contributed by atoms with Gasteiger partial charge in [0.25, 0.3) is 0 Å². The molecule has 0 unspecified atom stereocenters. The lowest BCUT2D eigenvalue weighted by molar-refractivity contribution is 0.223. The maximum absolute atomic E-state index is 6.44. The van der Waals surface area contributed by atoms with Crippen LogP contribution in [-0.2, 0) is 0 Å². The van der Waals surface area contributed by atoms with Crippen LogP contribution in [0, 0.1) is 0 Å². The van der Waals surface area contributed by atoms with Crippen LogP contribution in [0.3, 0.4) is 0 Å². The predicted octanol–water partition coefficient (Wildman–Crippen LogP) is 4.96. The fourth-order valence-electron chi connectivity index (χ4n) is 2.71. The average Bonchev–Trinajstić information content (AvgIpc) is 2.98. The van der Waals surface area contributed by atoms with Gasteiger partial charge in [-0.05, 0) is 66.1 Å². The summed E-state index contributed by atoms with van der Waals surface area (Å²) in [6.45, 7) is 13.3. The normalized spacial score (nSPS) is 18.8. The molecule has 0 saturated carbocycles. The molecular weight excluding hydrogens is 314 g/mol. The maximum atomic E-state index is 6.44. The minimum Gasteiger partial charge on any atom is -0.543 e. The van der Waals surface area contributed by atoms with Crippen LogP contribution in [-0.4, -0.2) is 27.5 Å². The van der Waals surface area contributed by atoms with Crippen molar-refractivity contribution < 1.29 is 9.16 Å². The van der Waals surface area contributed by atoms with E-state index in [-0.39, 0.29) is 11.1 Å². The minimum absolute atomic E-state index is 0.197. The molecule has 1 saturated heterocycles. The molecule has 3 rings (SSSR count). The summed E-state index contributed by atoms with van der Waals surface area (Å²) in [5.41, 5.74) is 0. The van der Waals surface area contributed by atoms with Crippen LogP contribution in [0.1, 0.15) is 27.2 Å². The van der Waals surface area contributed by atoms with Gasteiger partial charge < -0.3 is 14.5 Å². The van der Waals surface area contributed by atoms with Gasteiger partial charge in [0.1, 0.15) is 17.6 Å². The Bertz CT molecular complexity index is 715. The number of nitrogens with one attached hydrogen (secondary N) is 1. The third-order valence-corrected chi connectivity index (χ3v) is 9.64. The summed E-state index contributed by atoms with van der Waals surface area (Å²) < 4.78 is 12.5. The van der Waals surface area contributed by atoms with E-state index in [1.807, 2.05) is 0 Å². The molecule has 4 heteroatoms. The van der Waals surface area contributed by atoms with Crippen LogP contribution in [0.15, 0.2) is 36.4 Å². The van der Waals surface area contributed by atoms with Crippen LogP contribution >= 0.6 is 0 Å². The third-order valence-electron chi connectivity index (χ3n) is 5.28. The van der Waals surface area contributed by atoms with Gasteiger partial charge >= 0.3 is 0 Å². The Hall–Kier alpha value is -1.52. The lowest BCUT2D eigenvalue weighted by Crippen LogP contribution is -2.43. The first-order chi connectivity index (χ1) is 11.2. The molecule has 130 valence electrons. The monoisotopic (exact) mass is 343 g/mol. The molecule has 0 bridgehead atoms. The molecule has 1 fully saturated rings. The number of hydrogen-bond donors (Lipinski definition) is 1. The molecule has 0 amide bonds. The van der Waals surface area contributed by atoms with Crippen molar-refractivity contribution in [2.45, 2.75) is 51.4 Å². The minimum atomic E-state index is -1.82. The highest BCUT2D eigenvalue weighted by molar-refractivity contribution is 6.74. The van der Waals surface area contributed by atoms with Gasteiger partial charge in [-0.25, -0.2) is 0 Å². The average molecular weight is 344 g/mol. The molecule has 3 nitrogen and oxygen atoms in total. The molecule has 2 aromatic carbocycles. The number of ether oxygens (including phenoxy) is 1. The molecule has 1 heterocycles. The zero-order valence-electron chi connectivity index (χ0n) is 15.5. The summed E-state index contributed by atoms with van der Waals surface area (Å²) in [4.78, 5) is 0.